The number of sulfonamides is 1. The fourth-order valence-corrected chi connectivity index (χ4v) is 5.63. The Kier molecular flexibility index (Phi) is 7.66. The van der Waals surface area contributed by atoms with Crippen molar-refractivity contribution in [3.05, 3.63) is 85.3 Å². The molecule has 0 saturated carbocycles. The standard InChI is InChI=1S/C27H27N7O3S/c35-26(33-15-17-34(18-16-33)38(36,37)22-8-2-1-3-9-22)11-14-30-25-19-24(21-7-6-12-28-20-21)31-27(32-25)23-10-4-5-13-29-23/h1-10,12-13,19-20H,11,14-18H2,(H,30,31,32). The molecule has 1 fully saturated rings. The monoisotopic (exact) mass is 529 g/mol. The zero-order valence-corrected chi connectivity index (χ0v) is 21.5. The van der Waals surface area contributed by atoms with Crippen molar-refractivity contribution >= 4 is 21.7 Å². The molecule has 0 spiro atoms. The van der Waals surface area contributed by atoms with Crippen molar-refractivity contribution in [3.8, 4) is 22.8 Å². The highest BCUT2D eigenvalue weighted by molar-refractivity contribution is 7.89. The van der Waals surface area contributed by atoms with E-state index in [9.17, 15) is 13.2 Å². The van der Waals surface area contributed by atoms with Crippen LogP contribution in [-0.4, -0.2) is 76.2 Å². The summed E-state index contributed by atoms with van der Waals surface area (Å²) in [6.07, 6.45) is 5.37. The Balaban J connectivity index is 1.21. The molecule has 1 saturated heterocycles. The van der Waals surface area contributed by atoms with Crippen molar-refractivity contribution in [3.63, 3.8) is 0 Å². The lowest BCUT2D eigenvalue weighted by atomic mass is 10.2. The maximum Gasteiger partial charge on any atom is 0.243 e. The third kappa shape index (κ3) is 5.84. The van der Waals surface area contributed by atoms with E-state index in [0.717, 1.165) is 5.56 Å². The van der Waals surface area contributed by atoms with E-state index in [1.54, 1.807) is 53.8 Å². The Morgan fingerprint density at radius 2 is 1.66 bits per heavy atom. The smallest absolute Gasteiger partial charge is 0.243 e. The van der Waals surface area contributed by atoms with Gasteiger partial charge in [-0.15, -0.1) is 0 Å². The second kappa shape index (κ2) is 11.4. The van der Waals surface area contributed by atoms with Gasteiger partial charge >= 0.3 is 0 Å². The van der Waals surface area contributed by atoms with E-state index < -0.39 is 10.0 Å². The van der Waals surface area contributed by atoms with Crippen molar-refractivity contribution in [2.24, 2.45) is 0 Å². The van der Waals surface area contributed by atoms with Gasteiger partial charge < -0.3 is 10.2 Å². The first-order chi connectivity index (χ1) is 18.5. The van der Waals surface area contributed by atoms with Gasteiger partial charge in [-0.2, -0.15) is 4.31 Å². The molecule has 0 radical (unpaired) electrons. The molecule has 0 aliphatic carbocycles. The van der Waals surface area contributed by atoms with Gasteiger partial charge in [-0.3, -0.25) is 14.8 Å². The molecule has 194 valence electrons. The predicted molar refractivity (Wildman–Crippen MR) is 143 cm³/mol. The molecule has 1 amide bonds. The summed E-state index contributed by atoms with van der Waals surface area (Å²) < 4.78 is 27.1. The van der Waals surface area contributed by atoms with Crippen LogP contribution in [0.15, 0.2) is 90.2 Å². The zero-order valence-electron chi connectivity index (χ0n) is 20.6. The fraction of sp³-hybridized carbons (Fsp3) is 0.222. The third-order valence-electron chi connectivity index (χ3n) is 6.19. The molecule has 1 aliphatic heterocycles. The number of carbonyl (C=O) groups is 1. The van der Waals surface area contributed by atoms with Crippen LogP contribution < -0.4 is 5.32 Å². The molecule has 1 aromatic carbocycles. The molecule has 5 rings (SSSR count). The number of piperazine rings is 1. The molecular weight excluding hydrogens is 502 g/mol. The quantitative estimate of drug-likeness (QED) is 0.370. The van der Waals surface area contributed by atoms with Gasteiger partial charge in [-0.05, 0) is 36.4 Å². The number of carbonyl (C=O) groups excluding carboxylic acids is 1. The number of hydrogen-bond donors (Lipinski definition) is 1. The topological polar surface area (TPSA) is 121 Å². The summed E-state index contributed by atoms with van der Waals surface area (Å²) in [7, 11) is -3.56. The molecule has 1 N–H and O–H groups in total. The fourth-order valence-electron chi connectivity index (χ4n) is 4.18. The molecule has 1 aliphatic rings. The third-order valence-corrected chi connectivity index (χ3v) is 8.11. The Bertz CT molecular complexity index is 1420. The molecule has 38 heavy (non-hydrogen) atoms. The Morgan fingerprint density at radius 1 is 0.868 bits per heavy atom. The molecule has 3 aromatic heterocycles. The number of nitrogens with zero attached hydrogens (tertiary/aromatic N) is 6. The Labute approximate surface area is 221 Å². The second-order valence-electron chi connectivity index (χ2n) is 8.69. The predicted octanol–water partition coefficient (Wildman–Crippen LogP) is 2.94. The average Bonchev–Trinajstić information content (AvgIpc) is 2.98. The summed E-state index contributed by atoms with van der Waals surface area (Å²) in [4.78, 5) is 32.6. The summed E-state index contributed by atoms with van der Waals surface area (Å²) in [5, 5.41) is 3.24. The van der Waals surface area contributed by atoms with Gasteiger partial charge in [0.05, 0.1) is 10.6 Å². The van der Waals surface area contributed by atoms with Gasteiger partial charge in [-0.1, -0.05) is 24.3 Å². The van der Waals surface area contributed by atoms with Crippen LogP contribution in [0.25, 0.3) is 22.8 Å². The molecule has 0 atom stereocenters. The largest absolute Gasteiger partial charge is 0.369 e. The Morgan fingerprint density at radius 3 is 2.37 bits per heavy atom. The van der Waals surface area contributed by atoms with Crippen LogP contribution in [0.5, 0.6) is 0 Å². The van der Waals surface area contributed by atoms with Crippen LogP contribution in [0.3, 0.4) is 0 Å². The molecule has 0 unspecified atom stereocenters. The minimum absolute atomic E-state index is 0.0410. The maximum atomic E-state index is 12.9. The van der Waals surface area contributed by atoms with Crippen molar-refractivity contribution in [2.45, 2.75) is 11.3 Å². The lowest BCUT2D eigenvalue weighted by Gasteiger charge is -2.34. The number of anilines is 1. The van der Waals surface area contributed by atoms with Gasteiger partial charge in [0.15, 0.2) is 5.82 Å². The van der Waals surface area contributed by atoms with Crippen molar-refractivity contribution in [1.29, 1.82) is 0 Å². The Hall–Kier alpha value is -4.22. The molecule has 4 aromatic rings. The number of nitrogens with one attached hydrogen (secondary N) is 1. The van der Waals surface area contributed by atoms with Gasteiger partial charge in [-0.25, -0.2) is 18.4 Å². The minimum atomic E-state index is -3.56. The van der Waals surface area contributed by atoms with Crippen LogP contribution >= 0.6 is 0 Å². The zero-order chi connectivity index (χ0) is 26.4. The van der Waals surface area contributed by atoms with Crippen molar-refractivity contribution in [2.75, 3.05) is 38.0 Å². The number of hydrogen-bond acceptors (Lipinski definition) is 8. The first kappa shape index (κ1) is 25.4. The lowest BCUT2D eigenvalue weighted by molar-refractivity contribution is -0.132. The minimum Gasteiger partial charge on any atom is -0.369 e. The first-order valence-corrected chi connectivity index (χ1v) is 13.7. The number of aromatic nitrogens is 4. The molecule has 11 heteroatoms. The van der Waals surface area contributed by atoms with Gasteiger partial charge in [0, 0.05) is 69.4 Å². The molecular formula is C27H27N7O3S. The van der Waals surface area contributed by atoms with Crippen LogP contribution in [0, 0.1) is 0 Å². The van der Waals surface area contributed by atoms with Crippen molar-refractivity contribution in [1.82, 2.24) is 29.1 Å². The summed E-state index contributed by atoms with van der Waals surface area (Å²) in [6, 6.07) is 19.5. The van der Waals surface area contributed by atoms with E-state index >= 15 is 0 Å². The van der Waals surface area contributed by atoms with Gasteiger partial charge in [0.1, 0.15) is 11.5 Å². The number of rotatable bonds is 8. The molecule has 0 bridgehead atoms. The highest BCUT2D eigenvalue weighted by Gasteiger charge is 2.29. The van der Waals surface area contributed by atoms with Gasteiger partial charge in [0.2, 0.25) is 15.9 Å². The highest BCUT2D eigenvalue weighted by atomic mass is 32.2. The molecule has 4 heterocycles. The van der Waals surface area contributed by atoms with Crippen LogP contribution in [-0.2, 0) is 14.8 Å². The number of benzene rings is 1. The van der Waals surface area contributed by atoms with E-state index in [1.165, 1.54) is 4.31 Å². The highest BCUT2D eigenvalue weighted by Crippen LogP contribution is 2.23. The normalized spacial score (nSPS) is 14.3. The SMILES string of the molecule is O=C(CCNc1cc(-c2cccnc2)nc(-c2ccccn2)n1)N1CCN(S(=O)(=O)c2ccccc2)CC1. The average molecular weight is 530 g/mol. The van der Waals surface area contributed by atoms with E-state index in [4.69, 9.17) is 0 Å². The van der Waals surface area contributed by atoms with E-state index in [2.05, 4.69) is 25.3 Å². The van der Waals surface area contributed by atoms with E-state index in [0.29, 0.717) is 42.7 Å². The summed E-state index contributed by atoms with van der Waals surface area (Å²) in [5.41, 5.74) is 2.17. The summed E-state index contributed by atoms with van der Waals surface area (Å²) in [5.74, 6) is 1.00. The van der Waals surface area contributed by atoms with Crippen LogP contribution in [0.2, 0.25) is 0 Å². The van der Waals surface area contributed by atoms with Crippen LogP contribution in [0.1, 0.15) is 6.42 Å². The van der Waals surface area contributed by atoms with E-state index in [-0.39, 0.29) is 30.3 Å². The van der Waals surface area contributed by atoms with Gasteiger partial charge in [0.25, 0.3) is 0 Å². The number of amides is 1. The van der Waals surface area contributed by atoms with Crippen molar-refractivity contribution < 1.29 is 13.2 Å². The van der Waals surface area contributed by atoms with Crippen LogP contribution in [0.4, 0.5) is 5.82 Å². The summed E-state index contributed by atoms with van der Waals surface area (Å²) in [6.45, 7) is 1.61. The first-order valence-electron chi connectivity index (χ1n) is 12.3. The second-order valence-corrected chi connectivity index (χ2v) is 10.6. The van der Waals surface area contributed by atoms with E-state index in [1.807, 2.05) is 36.4 Å². The summed E-state index contributed by atoms with van der Waals surface area (Å²) >= 11 is 0. The lowest BCUT2D eigenvalue weighted by Crippen LogP contribution is -2.50. The maximum absolute atomic E-state index is 12.9. The molecule has 10 nitrogen and oxygen atoms in total. The number of pyridine rings is 2.